The predicted octanol–water partition coefficient (Wildman–Crippen LogP) is 4.89. The van der Waals surface area contributed by atoms with Crippen molar-refractivity contribution in [2.45, 2.75) is 19.9 Å². The van der Waals surface area contributed by atoms with Crippen LogP contribution in [-0.2, 0) is 0 Å². The van der Waals surface area contributed by atoms with Crippen LogP contribution >= 0.6 is 0 Å². The van der Waals surface area contributed by atoms with Crippen LogP contribution in [0.5, 0.6) is 0 Å². The molecule has 5 aromatic rings. The largest absolute Gasteiger partial charge is 0.306 e. The molecule has 8 heteroatoms. The first-order valence-electron chi connectivity index (χ1n) is 13.8. The van der Waals surface area contributed by atoms with E-state index in [-0.39, 0.29) is 6.04 Å². The predicted molar refractivity (Wildman–Crippen MR) is 158 cm³/mol. The van der Waals surface area contributed by atoms with Gasteiger partial charge in [-0.15, -0.1) is 5.10 Å². The molecule has 8 nitrogen and oxygen atoms in total. The zero-order chi connectivity index (χ0) is 27.3. The Morgan fingerprint density at radius 3 is 2.30 bits per heavy atom. The van der Waals surface area contributed by atoms with E-state index in [1.54, 1.807) is 6.20 Å². The summed E-state index contributed by atoms with van der Waals surface area (Å²) in [5, 5.41) is 13.3. The topological polar surface area (TPSA) is 67.9 Å². The van der Waals surface area contributed by atoms with E-state index in [0.29, 0.717) is 0 Å². The summed E-state index contributed by atoms with van der Waals surface area (Å²) in [4.78, 5) is 9.21. The maximum absolute atomic E-state index is 4.62. The Balaban J connectivity index is 1.27. The molecule has 0 N–H and O–H groups in total. The van der Waals surface area contributed by atoms with E-state index in [1.807, 2.05) is 21.8 Å². The van der Waals surface area contributed by atoms with Gasteiger partial charge >= 0.3 is 0 Å². The Bertz CT molecular complexity index is 1530. The second-order valence-electron chi connectivity index (χ2n) is 10.3. The van der Waals surface area contributed by atoms with Crippen molar-refractivity contribution in [3.63, 3.8) is 0 Å². The molecule has 1 aliphatic heterocycles. The highest BCUT2D eigenvalue weighted by Gasteiger charge is 2.31. The first-order chi connectivity index (χ1) is 19.7. The van der Waals surface area contributed by atoms with Crippen LogP contribution in [0.25, 0.3) is 17.5 Å². The Hall–Kier alpha value is -4.40. The number of piperazine rings is 1. The number of hydrogen-bond acceptors (Lipinski definition) is 6. The van der Waals surface area contributed by atoms with Crippen molar-refractivity contribution in [1.29, 1.82) is 0 Å². The molecule has 1 aliphatic rings. The number of imidazole rings is 1. The van der Waals surface area contributed by atoms with E-state index in [4.69, 9.17) is 0 Å². The molecule has 1 saturated heterocycles. The molecule has 0 aliphatic carbocycles. The smallest absolute Gasteiger partial charge is 0.178 e. The van der Waals surface area contributed by atoms with E-state index in [2.05, 4.69) is 129 Å². The summed E-state index contributed by atoms with van der Waals surface area (Å²) in [5.74, 6) is 0.838. The molecule has 0 unspecified atom stereocenters. The van der Waals surface area contributed by atoms with Gasteiger partial charge in [0.2, 0.25) is 0 Å². The molecule has 0 bridgehead atoms. The fraction of sp³-hybridized carbons (Fsp3) is 0.250. The molecule has 6 rings (SSSR count). The molecular weight excluding hydrogens is 496 g/mol. The Kier molecular flexibility index (Phi) is 7.61. The lowest BCUT2D eigenvalue weighted by atomic mass is 10.0. The number of tetrazole rings is 1. The van der Waals surface area contributed by atoms with E-state index < -0.39 is 0 Å². The monoisotopic (exact) mass is 530 g/mol. The molecule has 0 spiro atoms. The highest BCUT2D eigenvalue weighted by molar-refractivity contribution is 5.49. The molecule has 40 heavy (non-hydrogen) atoms. The third-order valence-corrected chi connectivity index (χ3v) is 7.65. The second kappa shape index (κ2) is 11.8. The first-order valence-corrected chi connectivity index (χ1v) is 13.8. The van der Waals surface area contributed by atoms with Crippen LogP contribution in [0.3, 0.4) is 0 Å². The molecule has 3 aromatic carbocycles. The third kappa shape index (κ3) is 5.50. The zero-order valence-electron chi connectivity index (χ0n) is 23.0. The molecule has 1 fully saturated rings. The number of rotatable bonds is 8. The highest BCUT2D eigenvalue weighted by Crippen LogP contribution is 2.31. The molecule has 0 radical (unpaired) electrons. The van der Waals surface area contributed by atoms with Crippen molar-refractivity contribution in [3.8, 4) is 11.4 Å². The molecule has 202 valence electrons. The van der Waals surface area contributed by atoms with Gasteiger partial charge in [-0.1, -0.05) is 72.8 Å². The van der Waals surface area contributed by atoms with Crippen molar-refractivity contribution in [2.24, 2.45) is 0 Å². The quantitative estimate of drug-likeness (QED) is 0.285. The molecule has 0 amide bonds. The number of para-hydroxylation sites is 1. The molecule has 2 aromatic heterocycles. The summed E-state index contributed by atoms with van der Waals surface area (Å²) in [7, 11) is 0. The van der Waals surface area contributed by atoms with E-state index in [9.17, 15) is 0 Å². The zero-order valence-corrected chi connectivity index (χ0v) is 23.0. The minimum atomic E-state index is -0.0761. The highest BCUT2D eigenvalue weighted by atomic mass is 15.6. The lowest BCUT2D eigenvalue weighted by molar-refractivity contribution is 0.113. The van der Waals surface area contributed by atoms with Gasteiger partial charge < -0.3 is 4.57 Å². The fourth-order valence-corrected chi connectivity index (χ4v) is 5.53. The lowest BCUT2D eigenvalue weighted by Gasteiger charge is -2.38. The van der Waals surface area contributed by atoms with Gasteiger partial charge in [-0.3, -0.25) is 9.80 Å². The lowest BCUT2D eigenvalue weighted by Crippen LogP contribution is -2.48. The average molecular weight is 531 g/mol. The average Bonchev–Trinajstić information content (AvgIpc) is 3.69. The summed E-state index contributed by atoms with van der Waals surface area (Å²) < 4.78 is 3.95. The number of aromatic nitrogens is 6. The summed E-state index contributed by atoms with van der Waals surface area (Å²) >= 11 is 0. The van der Waals surface area contributed by atoms with Crippen LogP contribution in [-0.4, -0.2) is 72.3 Å². The maximum atomic E-state index is 4.62. The van der Waals surface area contributed by atoms with Gasteiger partial charge in [0.05, 0.1) is 18.1 Å². The second-order valence-corrected chi connectivity index (χ2v) is 10.3. The standard InChI is InChI=1S/C32H34N8/c1-25-8-6-9-26(2)30(25)40-32(34-35-36-40)31(28-13-15-29(16-14-28)39-19-17-33-24-39)38-22-20-37(21-23-38)18-7-12-27-10-4-3-5-11-27/h3-17,19,24,31H,18,20-23H2,1-2H3/t31-/m0/s1. The summed E-state index contributed by atoms with van der Waals surface area (Å²) in [5.41, 5.74) is 6.83. The van der Waals surface area contributed by atoms with Crippen molar-refractivity contribution in [1.82, 2.24) is 39.6 Å². The first kappa shape index (κ1) is 25.9. The third-order valence-electron chi connectivity index (χ3n) is 7.65. The van der Waals surface area contributed by atoms with Crippen molar-refractivity contribution in [3.05, 3.63) is 126 Å². The van der Waals surface area contributed by atoms with Gasteiger partial charge in [0.25, 0.3) is 0 Å². The van der Waals surface area contributed by atoms with E-state index in [1.165, 1.54) is 11.1 Å². The fourth-order valence-electron chi connectivity index (χ4n) is 5.53. The van der Waals surface area contributed by atoms with E-state index in [0.717, 1.165) is 61.0 Å². The Morgan fingerprint density at radius 1 is 0.850 bits per heavy atom. The molecule has 0 saturated carbocycles. The molecular formula is C32H34N8. The normalized spacial score (nSPS) is 15.6. The Morgan fingerprint density at radius 2 is 1.60 bits per heavy atom. The van der Waals surface area contributed by atoms with Gasteiger partial charge in [0, 0.05) is 50.8 Å². The minimum Gasteiger partial charge on any atom is -0.306 e. The van der Waals surface area contributed by atoms with E-state index >= 15 is 0 Å². The molecule has 1 atom stereocenters. The Labute approximate surface area is 235 Å². The SMILES string of the molecule is Cc1cccc(C)c1-n1nnnc1[C@H](c1ccc(-n2ccnc2)cc1)N1CCN(CC=Cc2ccccc2)CC1. The van der Waals surface area contributed by atoms with Crippen LogP contribution in [0.4, 0.5) is 0 Å². The number of nitrogens with zero attached hydrogens (tertiary/aromatic N) is 8. The van der Waals surface area contributed by atoms with Gasteiger partial charge in [0.15, 0.2) is 5.82 Å². The molecule has 3 heterocycles. The van der Waals surface area contributed by atoms with Crippen molar-refractivity contribution < 1.29 is 0 Å². The van der Waals surface area contributed by atoms with Crippen molar-refractivity contribution in [2.75, 3.05) is 32.7 Å². The van der Waals surface area contributed by atoms with Crippen molar-refractivity contribution >= 4 is 6.08 Å². The van der Waals surface area contributed by atoms with Crippen LogP contribution in [0, 0.1) is 13.8 Å². The maximum Gasteiger partial charge on any atom is 0.178 e. The minimum absolute atomic E-state index is 0.0761. The summed E-state index contributed by atoms with van der Waals surface area (Å²) in [6.45, 7) is 8.98. The van der Waals surface area contributed by atoms with Crippen LogP contribution in [0.2, 0.25) is 0 Å². The number of benzene rings is 3. The van der Waals surface area contributed by atoms with Crippen LogP contribution in [0.1, 0.15) is 34.1 Å². The van der Waals surface area contributed by atoms with Gasteiger partial charge in [0.1, 0.15) is 0 Å². The van der Waals surface area contributed by atoms with Crippen LogP contribution < -0.4 is 0 Å². The van der Waals surface area contributed by atoms with Gasteiger partial charge in [-0.25, -0.2) is 4.98 Å². The number of hydrogen-bond donors (Lipinski definition) is 0. The van der Waals surface area contributed by atoms with Gasteiger partial charge in [-0.2, -0.15) is 4.68 Å². The number of aryl methyl sites for hydroxylation is 2. The van der Waals surface area contributed by atoms with Crippen LogP contribution in [0.15, 0.2) is 97.6 Å². The van der Waals surface area contributed by atoms with Gasteiger partial charge in [-0.05, 0) is 58.7 Å². The summed E-state index contributed by atoms with van der Waals surface area (Å²) in [6, 6.07) is 25.4. The summed E-state index contributed by atoms with van der Waals surface area (Å²) in [6.07, 6.45) is 10.0.